The van der Waals surface area contributed by atoms with Crippen LogP contribution in [0.15, 0.2) is 53.5 Å². The van der Waals surface area contributed by atoms with Gasteiger partial charge in [0, 0.05) is 43.6 Å². The highest BCUT2D eigenvalue weighted by atomic mass is 19.1. The highest BCUT2D eigenvalue weighted by Crippen LogP contribution is 2.39. The van der Waals surface area contributed by atoms with Gasteiger partial charge < -0.3 is 20.1 Å². The molecule has 2 aliphatic heterocycles. The molecule has 4 aromatic rings. The monoisotopic (exact) mass is 647 g/mol. The number of hydrogen-bond acceptors (Lipinski definition) is 10. The summed E-state index contributed by atoms with van der Waals surface area (Å²) in [5.41, 5.74) is 0.676. The predicted octanol–water partition coefficient (Wildman–Crippen LogP) is 4.72. The van der Waals surface area contributed by atoms with Crippen LogP contribution in [-0.4, -0.2) is 71.0 Å². The number of tetrazole rings is 1. The van der Waals surface area contributed by atoms with Crippen molar-refractivity contribution in [1.82, 2.24) is 34.7 Å². The van der Waals surface area contributed by atoms with E-state index in [1.54, 1.807) is 0 Å². The molecule has 7 rings (SSSR count). The summed E-state index contributed by atoms with van der Waals surface area (Å²) in [6.45, 7) is 6.03. The van der Waals surface area contributed by atoms with Crippen LogP contribution in [0.5, 0.6) is 5.75 Å². The van der Waals surface area contributed by atoms with Crippen LogP contribution in [0.3, 0.4) is 0 Å². The van der Waals surface area contributed by atoms with Gasteiger partial charge in [0.15, 0.2) is 17.5 Å². The molecule has 2 saturated heterocycles. The highest BCUT2D eigenvalue weighted by Gasteiger charge is 2.43. The fraction of sp³-hybridized carbons (Fsp3) is 0.485. The Morgan fingerprint density at radius 3 is 2.62 bits per heavy atom. The number of nitrogens with zero attached hydrogens (tertiary/aromatic N) is 7. The third-order valence-corrected chi connectivity index (χ3v) is 9.46. The Labute approximate surface area is 271 Å². The molecular formula is C33H39F2N9O3. The van der Waals surface area contributed by atoms with Crippen molar-refractivity contribution < 1.29 is 18.3 Å². The molecule has 248 valence electrons. The topological polar surface area (TPSA) is 124 Å². The van der Waals surface area contributed by atoms with Crippen molar-refractivity contribution in [1.29, 1.82) is 0 Å². The number of piperidine rings is 1. The minimum atomic E-state index is -0.672. The summed E-state index contributed by atoms with van der Waals surface area (Å²) in [6.07, 6.45) is 6.06. The molecule has 3 fully saturated rings. The van der Waals surface area contributed by atoms with Gasteiger partial charge in [0.25, 0.3) is 0 Å². The van der Waals surface area contributed by atoms with Gasteiger partial charge in [-0.25, -0.2) is 18.6 Å². The lowest BCUT2D eigenvalue weighted by Crippen LogP contribution is -2.55. The van der Waals surface area contributed by atoms with E-state index in [1.165, 1.54) is 25.6 Å². The Balaban J connectivity index is 1.08. The summed E-state index contributed by atoms with van der Waals surface area (Å²) in [4.78, 5) is 23.8. The number of halogens is 2. The minimum Gasteiger partial charge on any atom is -0.488 e. The lowest BCUT2D eigenvalue weighted by atomic mass is 9.84. The van der Waals surface area contributed by atoms with E-state index in [2.05, 4.69) is 49.8 Å². The van der Waals surface area contributed by atoms with Gasteiger partial charge in [-0.2, -0.15) is 14.3 Å². The van der Waals surface area contributed by atoms with Crippen LogP contribution in [-0.2, 0) is 18.4 Å². The normalized spacial score (nSPS) is 23.6. The van der Waals surface area contributed by atoms with Gasteiger partial charge in [0.2, 0.25) is 5.95 Å². The standard InChI is InChI=1S/C33H39F2N9O3/c1-33(2)17-21(12-22-10-7-11-43(22)33)37-30-26(35)18-36-31(39-30)38-27-16-28(44-32(45)42(3)40-41-44)29(15-25(27)34)47-24-13-23(14-24)46-19-20-8-5-4-6-9-20/h4-6,8-9,15-16,18,21-24H,7,10-14,17,19H2,1-3H3,(H2,36,37,38,39)/t21-,22+,23?,24?/m1/s1. The largest absolute Gasteiger partial charge is 0.488 e. The van der Waals surface area contributed by atoms with E-state index in [-0.39, 0.29) is 52.7 Å². The quantitative estimate of drug-likeness (QED) is 0.250. The molecule has 2 aromatic heterocycles. The van der Waals surface area contributed by atoms with E-state index in [4.69, 9.17) is 9.47 Å². The minimum absolute atomic E-state index is 0.00361. The average Bonchev–Trinajstić information content (AvgIpc) is 3.64. The van der Waals surface area contributed by atoms with E-state index in [0.717, 1.165) is 46.9 Å². The van der Waals surface area contributed by atoms with Crippen molar-refractivity contribution in [2.24, 2.45) is 7.05 Å². The molecule has 0 amide bonds. The zero-order valence-electron chi connectivity index (χ0n) is 26.7. The molecule has 3 aliphatic rings. The van der Waals surface area contributed by atoms with Crippen molar-refractivity contribution in [3.05, 3.63) is 76.3 Å². The maximum atomic E-state index is 15.6. The number of aromatic nitrogens is 6. The molecular weight excluding hydrogens is 608 g/mol. The van der Waals surface area contributed by atoms with Crippen molar-refractivity contribution in [2.75, 3.05) is 17.2 Å². The van der Waals surface area contributed by atoms with Crippen LogP contribution in [0, 0.1) is 11.6 Å². The lowest BCUT2D eigenvalue weighted by Gasteiger charge is -2.47. The van der Waals surface area contributed by atoms with E-state index < -0.39 is 17.3 Å². The Morgan fingerprint density at radius 1 is 1.04 bits per heavy atom. The molecule has 0 spiro atoms. The van der Waals surface area contributed by atoms with Crippen molar-refractivity contribution in [3.8, 4) is 11.4 Å². The van der Waals surface area contributed by atoms with Gasteiger partial charge in [-0.1, -0.05) is 30.3 Å². The zero-order chi connectivity index (χ0) is 32.7. The lowest BCUT2D eigenvalue weighted by molar-refractivity contribution is -0.0684. The second-order valence-electron chi connectivity index (χ2n) is 13.3. The van der Waals surface area contributed by atoms with Crippen LogP contribution in [0.4, 0.5) is 26.2 Å². The molecule has 1 aliphatic carbocycles. The van der Waals surface area contributed by atoms with Gasteiger partial charge in [0.05, 0.1) is 24.6 Å². The van der Waals surface area contributed by atoms with Crippen molar-refractivity contribution >= 4 is 17.5 Å². The SMILES string of the molecule is Cn1nnn(-c2cc(Nc3ncc(F)c(N[C@@H]4C[C@@H]5CCCN5C(C)(C)C4)n3)c(F)cc2OC2CC(OCc3ccccc3)C2)c1=O. The van der Waals surface area contributed by atoms with E-state index in [9.17, 15) is 9.18 Å². The van der Waals surface area contributed by atoms with Crippen molar-refractivity contribution in [2.45, 2.75) is 88.8 Å². The van der Waals surface area contributed by atoms with Crippen LogP contribution in [0.2, 0.25) is 0 Å². The summed E-state index contributed by atoms with van der Waals surface area (Å²) in [5, 5.41) is 13.9. The summed E-state index contributed by atoms with van der Waals surface area (Å²) in [5.74, 6) is -1.09. The fourth-order valence-corrected chi connectivity index (χ4v) is 7.04. The second kappa shape index (κ2) is 12.6. The van der Waals surface area contributed by atoms with E-state index in [0.29, 0.717) is 25.5 Å². The first kappa shape index (κ1) is 31.2. The van der Waals surface area contributed by atoms with Gasteiger partial charge in [-0.15, -0.1) is 0 Å². The van der Waals surface area contributed by atoms with Crippen LogP contribution >= 0.6 is 0 Å². The number of nitrogens with one attached hydrogen (secondary N) is 2. The van der Waals surface area contributed by atoms with Crippen LogP contribution in [0.25, 0.3) is 5.69 Å². The third kappa shape index (κ3) is 6.57. The number of fused-ring (bicyclic) bond motifs is 1. The van der Waals surface area contributed by atoms with E-state index in [1.807, 2.05) is 30.3 Å². The Hall–Kier alpha value is -4.43. The highest BCUT2D eigenvalue weighted by molar-refractivity contribution is 5.63. The zero-order valence-corrected chi connectivity index (χ0v) is 26.7. The van der Waals surface area contributed by atoms with Gasteiger partial charge in [-0.05, 0) is 68.1 Å². The van der Waals surface area contributed by atoms with Crippen LogP contribution < -0.4 is 21.1 Å². The van der Waals surface area contributed by atoms with Crippen LogP contribution in [0.1, 0.15) is 57.9 Å². The number of rotatable bonds is 10. The molecule has 2 N–H and O–H groups in total. The fourth-order valence-electron chi connectivity index (χ4n) is 7.04. The summed E-state index contributed by atoms with van der Waals surface area (Å²) < 4.78 is 44.8. The molecule has 2 aromatic carbocycles. The maximum Gasteiger partial charge on any atom is 0.368 e. The third-order valence-electron chi connectivity index (χ3n) is 9.46. The molecule has 47 heavy (non-hydrogen) atoms. The summed E-state index contributed by atoms with van der Waals surface area (Å²) in [7, 11) is 1.47. The number of benzene rings is 2. The maximum absolute atomic E-state index is 15.6. The predicted molar refractivity (Wildman–Crippen MR) is 171 cm³/mol. The van der Waals surface area contributed by atoms with Crippen molar-refractivity contribution in [3.63, 3.8) is 0 Å². The first-order valence-electron chi connectivity index (χ1n) is 16.1. The first-order valence-corrected chi connectivity index (χ1v) is 16.1. The Bertz CT molecular complexity index is 1790. The van der Waals surface area contributed by atoms with Gasteiger partial charge >= 0.3 is 5.69 Å². The Morgan fingerprint density at radius 2 is 1.85 bits per heavy atom. The van der Waals surface area contributed by atoms with Gasteiger partial charge in [0.1, 0.15) is 17.5 Å². The smallest absolute Gasteiger partial charge is 0.368 e. The van der Waals surface area contributed by atoms with E-state index >= 15 is 4.39 Å². The molecule has 4 heterocycles. The first-order chi connectivity index (χ1) is 22.6. The number of ether oxygens (including phenoxy) is 2. The number of aryl methyl sites for hydroxylation is 1. The average molecular weight is 648 g/mol. The molecule has 12 nitrogen and oxygen atoms in total. The number of hydrogen-bond donors (Lipinski definition) is 2. The Kier molecular flexibility index (Phi) is 8.39. The molecule has 0 unspecified atom stereocenters. The van der Waals surface area contributed by atoms with Gasteiger partial charge in [-0.3, -0.25) is 4.90 Å². The molecule has 1 saturated carbocycles. The summed E-state index contributed by atoms with van der Waals surface area (Å²) in [6, 6.07) is 13.0. The molecule has 0 radical (unpaired) electrons. The molecule has 14 heteroatoms. The summed E-state index contributed by atoms with van der Waals surface area (Å²) >= 11 is 0. The second-order valence-corrected chi connectivity index (χ2v) is 13.3. The number of anilines is 3. The molecule has 2 atom stereocenters. The molecule has 0 bridgehead atoms.